The van der Waals surface area contributed by atoms with Gasteiger partial charge >= 0.3 is 0 Å². The lowest BCUT2D eigenvalue weighted by molar-refractivity contribution is -0.131. The fraction of sp³-hybridized carbons (Fsp3) is 0.438. The molecule has 2 aliphatic rings. The molecule has 3 rings (SSSR count). The SMILES string of the molecule is CC1(CNC(=O)C2CC2)N=C(N)N(Cc2cccc(Cl)c2)C1=O. The third-order valence-corrected chi connectivity index (χ3v) is 4.36. The van der Waals surface area contributed by atoms with Gasteiger partial charge in [0.1, 0.15) is 0 Å². The standard InChI is InChI=1S/C16H19ClN4O2/c1-16(9-19-13(22)11-5-6-11)14(23)21(15(18)20-16)8-10-3-2-4-12(17)7-10/h2-4,7,11H,5-6,8-9H2,1H3,(H2,18,20)(H,19,22). The van der Waals surface area contributed by atoms with E-state index in [9.17, 15) is 9.59 Å². The van der Waals surface area contributed by atoms with E-state index < -0.39 is 5.54 Å². The van der Waals surface area contributed by atoms with Crippen LogP contribution in [0, 0.1) is 5.92 Å². The van der Waals surface area contributed by atoms with Crippen LogP contribution in [0.15, 0.2) is 29.3 Å². The zero-order valence-electron chi connectivity index (χ0n) is 12.9. The molecule has 1 aliphatic carbocycles. The molecule has 6 nitrogen and oxygen atoms in total. The molecule has 0 spiro atoms. The van der Waals surface area contributed by atoms with Gasteiger partial charge in [-0.3, -0.25) is 14.5 Å². The summed E-state index contributed by atoms with van der Waals surface area (Å²) in [6.07, 6.45) is 1.84. The van der Waals surface area contributed by atoms with Gasteiger partial charge in [0.25, 0.3) is 5.91 Å². The molecule has 0 radical (unpaired) electrons. The number of nitrogens with zero attached hydrogens (tertiary/aromatic N) is 2. The van der Waals surface area contributed by atoms with Crippen LogP contribution in [0.4, 0.5) is 0 Å². The highest BCUT2D eigenvalue weighted by molar-refractivity contribution is 6.30. The molecule has 1 atom stereocenters. The number of rotatable bonds is 5. The van der Waals surface area contributed by atoms with Crippen LogP contribution in [0.1, 0.15) is 25.3 Å². The van der Waals surface area contributed by atoms with E-state index in [0.29, 0.717) is 11.6 Å². The topological polar surface area (TPSA) is 87.8 Å². The minimum Gasteiger partial charge on any atom is -0.369 e. The highest BCUT2D eigenvalue weighted by Crippen LogP contribution is 2.29. The summed E-state index contributed by atoms with van der Waals surface area (Å²) in [4.78, 5) is 30.1. The average Bonchev–Trinajstić information content (AvgIpc) is 3.31. The number of hydrogen-bond acceptors (Lipinski definition) is 4. The quantitative estimate of drug-likeness (QED) is 0.850. The number of nitrogens with two attached hydrogens (primary N) is 1. The van der Waals surface area contributed by atoms with Gasteiger partial charge in [0.05, 0.1) is 13.1 Å². The minimum atomic E-state index is -1.05. The van der Waals surface area contributed by atoms with Crippen molar-refractivity contribution >= 4 is 29.4 Å². The maximum atomic E-state index is 12.7. The Labute approximate surface area is 139 Å². The number of benzene rings is 1. The number of carbonyl (C=O) groups is 2. The molecule has 7 heteroatoms. The van der Waals surface area contributed by atoms with E-state index in [2.05, 4.69) is 10.3 Å². The van der Waals surface area contributed by atoms with E-state index in [1.807, 2.05) is 12.1 Å². The van der Waals surface area contributed by atoms with Crippen LogP contribution in [0.5, 0.6) is 0 Å². The fourth-order valence-electron chi connectivity index (χ4n) is 2.59. The van der Waals surface area contributed by atoms with Crippen molar-refractivity contribution in [2.75, 3.05) is 6.54 Å². The number of aliphatic imine (C=N–C) groups is 1. The number of guanidine groups is 1. The molecule has 1 aromatic carbocycles. The van der Waals surface area contributed by atoms with Crippen LogP contribution >= 0.6 is 11.6 Å². The van der Waals surface area contributed by atoms with Crippen molar-refractivity contribution in [3.63, 3.8) is 0 Å². The Morgan fingerprint density at radius 1 is 1.52 bits per heavy atom. The van der Waals surface area contributed by atoms with E-state index in [-0.39, 0.29) is 30.2 Å². The summed E-state index contributed by atoms with van der Waals surface area (Å²) < 4.78 is 0. The maximum Gasteiger partial charge on any atom is 0.259 e. The second kappa shape index (κ2) is 5.85. The Bertz CT molecular complexity index is 686. The van der Waals surface area contributed by atoms with Crippen LogP contribution in [0.3, 0.4) is 0 Å². The van der Waals surface area contributed by atoms with Crippen molar-refractivity contribution < 1.29 is 9.59 Å². The monoisotopic (exact) mass is 334 g/mol. The van der Waals surface area contributed by atoms with Crippen molar-refractivity contribution in [3.05, 3.63) is 34.9 Å². The summed E-state index contributed by atoms with van der Waals surface area (Å²) in [5, 5.41) is 3.40. The first kappa shape index (κ1) is 15.8. The molecule has 0 bridgehead atoms. The third kappa shape index (κ3) is 3.32. The summed E-state index contributed by atoms with van der Waals surface area (Å²) in [5.74, 6) is 0.0318. The summed E-state index contributed by atoms with van der Waals surface area (Å²) in [6, 6.07) is 7.25. The van der Waals surface area contributed by atoms with E-state index in [1.165, 1.54) is 4.90 Å². The molecule has 1 aromatic rings. The highest BCUT2D eigenvalue weighted by Gasteiger charge is 2.44. The van der Waals surface area contributed by atoms with E-state index in [0.717, 1.165) is 18.4 Å². The first-order valence-electron chi connectivity index (χ1n) is 7.58. The van der Waals surface area contributed by atoms with Gasteiger partial charge in [-0.25, -0.2) is 4.99 Å². The van der Waals surface area contributed by atoms with Crippen LogP contribution in [0.2, 0.25) is 5.02 Å². The largest absolute Gasteiger partial charge is 0.369 e. The molecular formula is C16H19ClN4O2. The Hall–Kier alpha value is -2.08. The molecule has 1 fully saturated rings. The summed E-state index contributed by atoms with van der Waals surface area (Å²) in [7, 11) is 0. The van der Waals surface area contributed by atoms with Crippen LogP contribution in [-0.4, -0.2) is 34.8 Å². The molecule has 3 N–H and O–H groups in total. The number of hydrogen-bond donors (Lipinski definition) is 2. The molecule has 122 valence electrons. The molecule has 1 heterocycles. The molecule has 1 aliphatic heterocycles. The average molecular weight is 335 g/mol. The smallest absolute Gasteiger partial charge is 0.259 e. The van der Waals surface area contributed by atoms with Gasteiger partial charge in [-0.2, -0.15) is 0 Å². The van der Waals surface area contributed by atoms with Crippen LogP contribution < -0.4 is 11.1 Å². The maximum absolute atomic E-state index is 12.7. The third-order valence-electron chi connectivity index (χ3n) is 4.13. The fourth-order valence-corrected chi connectivity index (χ4v) is 2.80. The number of nitrogens with one attached hydrogen (secondary N) is 1. The van der Waals surface area contributed by atoms with E-state index in [4.69, 9.17) is 17.3 Å². The summed E-state index contributed by atoms with van der Waals surface area (Å²) >= 11 is 5.97. The van der Waals surface area contributed by atoms with Gasteiger partial charge in [-0.15, -0.1) is 0 Å². The van der Waals surface area contributed by atoms with E-state index >= 15 is 0 Å². The van der Waals surface area contributed by atoms with Gasteiger partial charge in [0.2, 0.25) is 5.91 Å². The lowest BCUT2D eigenvalue weighted by Gasteiger charge is -2.22. The van der Waals surface area contributed by atoms with Gasteiger partial charge in [0.15, 0.2) is 11.5 Å². The number of carbonyl (C=O) groups excluding carboxylic acids is 2. The predicted octanol–water partition coefficient (Wildman–Crippen LogP) is 1.28. The molecule has 1 unspecified atom stereocenters. The zero-order valence-corrected chi connectivity index (χ0v) is 13.6. The minimum absolute atomic E-state index is 0.0129. The molecule has 0 saturated heterocycles. The molecule has 0 aromatic heterocycles. The molecule has 2 amide bonds. The molecule has 23 heavy (non-hydrogen) atoms. The lowest BCUT2D eigenvalue weighted by atomic mass is 10.0. The van der Waals surface area contributed by atoms with Crippen LogP contribution in [-0.2, 0) is 16.1 Å². The second-order valence-electron chi connectivity index (χ2n) is 6.26. The lowest BCUT2D eigenvalue weighted by Crippen LogP contribution is -2.48. The van der Waals surface area contributed by atoms with Gasteiger partial charge in [-0.1, -0.05) is 23.7 Å². The second-order valence-corrected chi connectivity index (χ2v) is 6.69. The van der Waals surface area contributed by atoms with Crippen LogP contribution in [0.25, 0.3) is 0 Å². The normalized spacial score (nSPS) is 23.8. The predicted molar refractivity (Wildman–Crippen MR) is 87.8 cm³/mol. The van der Waals surface area contributed by atoms with Gasteiger partial charge < -0.3 is 11.1 Å². The Balaban J connectivity index is 1.68. The van der Waals surface area contributed by atoms with Crippen molar-refractivity contribution in [1.82, 2.24) is 10.2 Å². The molecular weight excluding hydrogens is 316 g/mol. The Morgan fingerprint density at radius 2 is 2.26 bits per heavy atom. The first-order chi connectivity index (χ1) is 10.9. The van der Waals surface area contributed by atoms with Crippen molar-refractivity contribution in [3.8, 4) is 0 Å². The first-order valence-corrected chi connectivity index (χ1v) is 7.96. The number of halogens is 1. The summed E-state index contributed by atoms with van der Waals surface area (Å²) in [6.45, 7) is 2.15. The van der Waals surface area contributed by atoms with Crippen molar-refractivity contribution in [2.24, 2.45) is 16.6 Å². The highest BCUT2D eigenvalue weighted by atomic mass is 35.5. The van der Waals surface area contributed by atoms with E-state index in [1.54, 1.807) is 19.1 Å². The molecule has 1 saturated carbocycles. The van der Waals surface area contributed by atoms with Crippen molar-refractivity contribution in [2.45, 2.75) is 31.8 Å². The number of amides is 2. The Kier molecular flexibility index (Phi) is 4.02. The van der Waals surface area contributed by atoms with Gasteiger partial charge in [-0.05, 0) is 37.5 Å². The zero-order chi connectivity index (χ0) is 16.6. The summed E-state index contributed by atoms with van der Waals surface area (Å²) in [5.41, 5.74) is 5.74. The Morgan fingerprint density at radius 3 is 2.91 bits per heavy atom. The van der Waals surface area contributed by atoms with Gasteiger partial charge in [0, 0.05) is 10.9 Å². The van der Waals surface area contributed by atoms with Crippen molar-refractivity contribution in [1.29, 1.82) is 0 Å².